The summed E-state index contributed by atoms with van der Waals surface area (Å²) in [6.07, 6.45) is 0. The molecule has 6 heteroatoms. The van der Waals surface area contributed by atoms with Crippen molar-refractivity contribution < 1.29 is 9.21 Å². The minimum absolute atomic E-state index is 0.163. The summed E-state index contributed by atoms with van der Waals surface area (Å²) < 4.78 is 5.46. The van der Waals surface area contributed by atoms with Crippen molar-refractivity contribution in [2.75, 3.05) is 5.32 Å². The summed E-state index contributed by atoms with van der Waals surface area (Å²) in [6.45, 7) is 6.37. The standard InChI is InChI=1S/C20H22N4O2/c1-13(2)18-9-10-19(24-23-18)22-16-6-4-5-15(11-16)20(25)21-12-17-8-7-14(3)26-17/h4-11,13H,12H2,1-3H3,(H,21,25)(H,22,24). The lowest BCUT2D eigenvalue weighted by Crippen LogP contribution is -2.22. The van der Waals surface area contributed by atoms with Gasteiger partial charge in [0.05, 0.1) is 12.2 Å². The predicted molar refractivity (Wildman–Crippen MR) is 100 cm³/mol. The molecule has 0 atom stereocenters. The quantitative estimate of drug-likeness (QED) is 0.697. The second-order valence-electron chi connectivity index (χ2n) is 6.40. The van der Waals surface area contributed by atoms with Crippen LogP contribution in [0.2, 0.25) is 0 Å². The van der Waals surface area contributed by atoms with Crippen molar-refractivity contribution in [2.24, 2.45) is 0 Å². The van der Waals surface area contributed by atoms with E-state index in [1.165, 1.54) is 0 Å². The molecule has 2 aromatic heterocycles. The molecule has 0 saturated carbocycles. The SMILES string of the molecule is Cc1ccc(CNC(=O)c2cccc(Nc3ccc(C(C)C)nn3)c2)o1. The summed E-state index contributed by atoms with van der Waals surface area (Å²) >= 11 is 0. The predicted octanol–water partition coefficient (Wildman–Crippen LogP) is 4.18. The number of aryl methyl sites for hydroxylation is 1. The molecule has 2 heterocycles. The van der Waals surface area contributed by atoms with E-state index in [0.29, 0.717) is 23.8 Å². The zero-order chi connectivity index (χ0) is 18.5. The molecule has 6 nitrogen and oxygen atoms in total. The lowest BCUT2D eigenvalue weighted by molar-refractivity contribution is 0.0948. The number of carbonyl (C=O) groups excluding carboxylic acids is 1. The van der Waals surface area contributed by atoms with E-state index >= 15 is 0 Å². The van der Waals surface area contributed by atoms with E-state index in [4.69, 9.17) is 4.42 Å². The highest BCUT2D eigenvalue weighted by molar-refractivity contribution is 5.95. The first kappa shape index (κ1) is 17.7. The Kier molecular flexibility index (Phi) is 5.31. The number of hydrogen-bond donors (Lipinski definition) is 2. The molecule has 3 rings (SSSR count). The van der Waals surface area contributed by atoms with Crippen LogP contribution in [-0.2, 0) is 6.54 Å². The Morgan fingerprint density at radius 3 is 2.62 bits per heavy atom. The molecule has 3 aromatic rings. The molecule has 0 fully saturated rings. The molecule has 134 valence electrons. The first-order chi connectivity index (χ1) is 12.5. The minimum atomic E-state index is -0.163. The number of nitrogens with one attached hydrogen (secondary N) is 2. The van der Waals surface area contributed by atoms with Crippen LogP contribution in [-0.4, -0.2) is 16.1 Å². The fourth-order valence-corrected chi connectivity index (χ4v) is 2.45. The number of carbonyl (C=O) groups is 1. The highest BCUT2D eigenvalue weighted by atomic mass is 16.3. The molecule has 0 aliphatic heterocycles. The monoisotopic (exact) mass is 350 g/mol. The molecule has 0 spiro atoms. The maximum absolute atomic E-state index is 12.3. The van der Waals surface area contributed by atoms with Gasteiger partial charge in [0.1, 0.15) is 11.5 Å². The Morgan fingerprint density at radius 2 is 1.96 bits per heavy atom. The minimum Gasteiger partial charge on any atom is -0.465 e. The second kappa shape index (κ2) is 7.82. The third-order valence-electron chi connectivity index (χ3n) is 3.89. The van der Waals surface area contributed by atoms with E-state index in [-0.39, 0.29) is 5.91 Å². The lowest BCUT2D eigenvalue weighted by Gasteiger charge is -2.09. The largest absolute Gasteiger partial charge is 0.465 e. The van der Waals surface area contributed by atoms with Crippen LogP contribution in [0, 0.1) is 6.92 Å². The molecular formula is C20H22N4O2. The number of nitrogens with zero attached hydrogens (tertiary/aromatic N) is 2. The first-order valence-electron chi connectivity index (χ1n) is 8.55. The van der Waals surface area contributed by atoms with E-state index in [0.717, 1.165) is 22.9 Å². The van der Waals surface area contributed by atoms with E-state index in [2.05, 4.69) is 34.7 Å². The van der Waals surface area contributed by atoms with Crippen molar-refractivity contribution in [1.29, 1.82) is 0 Å². The van der Waals surface area contributed by atoms with Crippen molar-refractivity contribution in [1.82, 2.24) is 15.5 Å². The maximum atomic E-state index is 12.3. The summed E-state index contributed by atoms with van der Waals surface area (Å²) in [7, 11) is 0. The molecule has 0 radical (unpaired) electrons. The zero-order valence-electron chi connectivity index (χ0n) is 15.1. The van der Waals surface area contributed by atoms with E-state index < -0.39 is 0 Å². The molecule has 2 N–H and O–H groups in total. The number of amides is 1. The van der Waals surface area contributed by atoms with Crippen LogP contribution in [0.15, 0.2) is 52.9 Å². The molecule has 26 heavy (non-hydrogen) atoms. The average molecular weight is 350 g/mol. The Hall–Kier alpha value is -3.15. The molecule has 0 saturated heterocycles. The Balaban J connectivity index is 1.64. The Morgan fingerprint density at radius 1 is 1.12 bits per heavy atom. The van der Waals surface area contributed by atoms with Crippen molar-refractivity contribution in [3.8, 4) is 0 Å². The number of benzene rings is 1. The van der Waals surface area contributed by atoms with Crippen LogP contribution in [0.5, 0.6) is 0 Å². The van der Waals surface area contributed by atoms with Crippen LogP contribution < -0.4 is 10.6 Å². The molecule has 0 aliphatic rings. The Bertz CT molecular complexity index is 885. The molecule has 1 amide bonds. The summed E-state index contributed by atoms with van der Waals surface area (Å²) in [5.74, 6) is 2.36. The van der Waals surface area contributed by atoms with Gasteiger partial charge < -0.3 is 15.1 Å². The van der Waals surface area contributed by atoms with Gasteiger partial charge in [-0.3, -0.25) is 4.79 Å². The number of hydrogen-bond acceptors (Lipinski definition) is 5. The van der Waals surface area contributed by atoms with Crippen LogP contribution in [0.3, 0.4) is 0 Å². The van der Waals surface area contributed by atoms with Gasteiger partial charge in [0.2, 0.25) is 0 Å². The van der Waals surface area contributed by atoms with Gasteiger partial charge in [0, 0.05) is 11.3 Å². The molecule has 0 bridgehead atoms. The van der Waals surface area contributed by atoms with Crippen molar-refractivity contribution >= 4 is 17.4 Å². The van der Waals surface area contributed by atoms with Crippen LogP contribution >= 0.6 is 0 Å². The molecular weight excluding hydrogens is 328 g/mol. The van der Waals surface area contributed by atoms with Gasteiger partial charge in [0.25, 0.3) is 5.91 Å². The number of rotatable bonds is 6. The second-order valence-corrected chi connectivity index (χ2v) is 6.40. The van der Waals surface area contributed by atoms with Crippen molar-refractivity contribution in [3.63, 3.8) is 0 Å². The molecule has 1 aromatic carbocycles. The van der Waals surface area contributed by atoms with Gasteiger partial charge in [-0.2, -0.15) is 5.10 Å². The average Bonchev–Trinajstić information content (AvgIpc) is 3.06. The van der Waals surface area contributed by atoms with E-state index in [1.807, 2.05) is 43.3 Å². The smallest absolute Gasteiger partial charge is 0.251 e. The van der Waals surface area contributed by atoms with Gasteiger partial charge in [0.15, 0.2) is 5.82 Å². The normalized spacial score (nSPS) is 10.8. The van der Waals surface area contributed by atoms with Gasteiger partial charge >= 0.3 is 0 Å². The van der Waals surface area contributed by atoms with Crippen LogP contribution in [0.1, 0.15) is 47.3 Å². The van der Waals surface area contributed by atoms with Gasteiger partial charge in [-0.05, 0) is 55.3 Å². The van der Waals surface area contributed by atoms with Gasteiger partial charge in [-0.1, -0.05) is 19.9 Å². The fraction of sp³-hybridized carbons (Fsp3) is 0.250. The summed E-state index contributed by atoms with van der Waals surface area (Å²) in [6, 6.07) is 14.8. The fourth-order valence-electron chi connectivity index (χ4n) is 2.45. The van der Waals surface area contributed by atoms with Crippen molar-refractivity contribution in [3.05, 3.63) is 71.3 Å². The van der Waals surface area contributed by atoms with Gasteiger partial charge in [-0.15, -0.1) is 5.10 Å². The highest BCUT2D eigenvalue weighted by Crippen LogP contribution is 2.17. The molecule has 0 unspecified atom stereocenters. The van der Waals surface area contributed by atoms with E-state index in [9.17, 15) is 4.79 Å². The summed E-state index contributed by atoms with van der Waals surface area (Å²) in [5.41, 5.74) is 2.28. The van der Waals surface area contributed by atoms with E-state index in [1.54, 1.807) is 12.1 Å². The van der Waals surface area contributed by atoms with Crippen LogP contribution in [0.4, 0.5) is 11.5 Å². The number of aromatic nitrogens is 2. The molecule has 0 aliphatic carbocycles. The summed E-state index contributed by atoms with van der Waals surface area (Å²) in [4.78, 5) is 12.3. The van der Waals surface area contributed by atoms with Crippen molar-refractivity contribution in [2.45, 2.75) is 33.2 Å². The Labute approximate surface area is 152 Å². The lowest BCUT2D eigenvalue weighted by atomic mass is 10.1. The topological polar surface area (TPSA) is 80.0 Å². The summed E-state index contributed by atoms with van der Waals surface area (Å²) in [5, 5.41) is 14.4. The maximum Gasteiger partial charge on any atom is 0.251 e. The van der Waals surface area contributed by atoms with Gasteiger partial charge in [-0.25, -0.2) is 0 Å². The number of anilines is 2. The van der Waals surface area contributed by atoms with Crippen LogP contribution in [0.25, 0.3) is 0 Å². The third-order valence-corrected chi connectivity index (χ3v) is 3.89. The number of furan rings is 1. The third kappa shape index (κ3) is 4.47. The highest BCUT2D eigenvalue weighted by Gasteiger charge is 2.08. The first-order valence-corrected chi connectivity index (χ1v) is 8.55. The zero-order valence-corrected chi connectivity index (χ0v) is 15.1.